The highest BCUT2D eigenvalue weighted by atomic mass is 35.5. The van der Waals surface area contributed by atoms with Crippen molar-refractivity contribution in [3.8, 4) is 5.75 Å². The van der Waals surface area contributed by atoms with Gasteiger partial charge in [0.2, 0.25) is 15.9 Å². The third-order valence-electron chi connectivity index (χ3n) is 6.36. The number of nitrogens with zero attached hydrogens (tertiary/aromatic N) is 2. The Hall–Kier alpha value is -2.49. The quantitative estimate of drug-likeness (QED) is 0.701. The van der Waals surface area contributed by atoms with Crippen LogP contribution in [0.5, 0.6) is 5.75 Å². The van der Waals surface area contributed by atoms with Crippen LogP contribution in [0.1, 0.15) is 41.5 Å². The Morgan fingerprint density at radius 1 is 1.21 bits per heavy atom. The highest BCUT2D eigenvalue weighted by molar-refractivity contribution is 7.89. The summed E-state index contributed by atoms with van der Waals surface area (Å²) in [7, 11) is -4.09. The number of fused-ring (bicyclic) bond motifs is 1. The highest BCUT2D eigenvalue weighted by Gasteiger charge is 2.43. The fourth-order valence-corrected chi connectivity index (χ4v) is 6.53. The van der Waals surface area contributed by atoms with E-state index in [-0.39, 0.29) is 36.1 Å². The molecule has 1 unspecified atom stereocenters. The van der Waals surface area contributed by atoms with E-state index in [2.05, 4.69) is 10.5 Å². The van der Waals surface area contributed by atoms with Crippen molar-refractivity contribution in [3.63, 3.8) is 0 Å². The zero-order valence-corrected chi connectivity index (χ0v) is 20.3. The van der Waals surface area contributed by atoms with Crippen LogP contribution >= 0.6 is 11.6 Å². The second-order valence-corrected chi connectivity index (χ2v) is 10.7. The van der Waals surface area contributed by atoms with Gasteiger partial charge in [0.05, 0.1) is 18.2 Å². The van der Waals surface area contributed by atoms with E-state index in [1.54, 1.807) is 19.9 Å². The topological polar surface area (TPSA) is 88.1 Å². The van der Waals surface area contributed by atoms with Crippen molar-refractivity contribution < 1.29 is 22.3 Å². The average molecular weight is 494 g/mol. The molecule has 10 heteroatoms. The number of amides is 1. The van der Waals surface area contributed by atoms with Gasteiger partial charge in [0.1, 0.15) is 23.1 Å². The minimum Gasteiger partial charge on any atom is -0.491 e. The molecule has 2 aliphatic rings. The van der Waals surface area contributed by atoms with Gasteiger partial charge in [-0.1, -0.05) is 24.6 Å². The van der Waals surface area contributed by atoms with Crippen LogP contribution in [0.4, 0.5) is 4.39 Å². The summed E-state index contributed by atoms with van der Waals surface area (Å²) in [5, 5.41) is 4.53. The minimum atomic E-state index is -4.09. The fourth-order valence-electron chi connectivity index (χ4n) is 4.51. The molecule has 2 aromatic carbocycles. The van der Waals surface area contributed by atoms with E-state index in [1.165, 1.54) is 22.5 Å². The van der Waals surface area contributed by atoms with Crippen molar-refractivity contribution >= 4 is 33.2 Å². The van der Waals surface area contributed by atoms with Crippen molar-refractivity contribution in [2.45, 2.75) is 51.0 Å². The summed E-state index contributed by atoms with van der Waals surface area (Å²) in [6, 6.07) is 5.15. The molecule has 7 nitrogen and oxygen atoms in total. The van der Waals surface area contributed by atoms with Crippen LogP contribution in [0.3, 0.4) is 0 Å². The summed E-state index contributed by atoms with van der Waals surface area (Å²) in [6.07, 6.45) is -0.0686. The molecule has 0 saturated heterocycles. The summed E-state index contributed by atoms with van der Waals surface area (Å²) in [5.74, 6) is -1.23. The lowest BCUT2D eigenvalue weighted by Gasteiger charge is -2.34. The molecule has 0 radical (unpaired) electrons. The molecule has 33 heavy (non-hydrogen) atoms. The maximum atomic E-state index is 15.1. The SMILES string of the molecule is Cc1cc2c(cc1Cl)OCCN(C(C1=NNC(=O)C1)[C@H](C)c1c(F)ccc(C)c1C)S2(=O)=O. The van der Waals surface area contributed by atoms with Gasteiger partial charge in [0, 0.05) is 23.6 Å². The van der Waals surface area contributed by atoms with Gasteiger partial charge in [-0.05, 0) is 55.2 Å². The average Bonchev–Trinajstić information content (AvgIpc) is 3.13. The lowest BCUT2D eigenvalue weighted by Crippen LogP contribution is -2.48. The van der Waals surface area contributed by atoms with Gasteiger partial charge >= 0.3 is 0 Å². The van der Waals surface area contributed by atoms with Crippen LogP contribution in [-0.2, 0) is 14.8 Å². The van der Waals surface area contributed by atoms with E-state index in [0.29, 0.717) is 21.9 Å². The summed E-state index contributed by atoms with van der Waals surface area (Å²) < 4.78 is 49.8. The van der Waals surface area contributed by atoms with E-state index in [9.17, 15) is 13.2 Å². The molecule has 2 aliphatic heterocycles. The maximum Gasteiger partial charge on any atom is 0.247 e. The molecule has 2 heterocycles. The molecular formula is C23H25ClFN3O4S. The minimum absolute atomic E-state index is 0.00236. The number of hydrogen-bond donors (Lipinski definition) is 1. The molecular weight excluding hydrogens is 469 g/mol. The van der Waals surface area contributed by atoms with Crippen LogP contribution in [0, 0.1) is 26.6 Å². The van der Waals surface area contributed by atoms with E-state index in [4.69, 9.17) is 16.3 Å². The Morgan fingerprint density at radius 3 is 2.61 bits per heavy atom. The first-order valence-corrected chi connectivity index (χ1v) is 12.4. The first kappa shape index (κ1) is 23.7. The Balaban J connectivity index is 1.89. The Morgan fingerprint density at radius 2 is 1.94 bits per heavy atom. The number of halogens is 2. The predicted molar refractivity (Wildman–Crippen MR) is 124 cm³/mol. The zero-order valence-electron chi connectivity index (χ0n) is 18.8. The van der Waals surface area contributed by atoms with Crippen LogP contribution in [0.25, 0.3) is 0 Å². The van der Waals surface area contributed by atoms with E-state index < -0.39 is 27.8 Å². The van der Waals surface area contributed by atoms with Gasteiger partial charge in [-0.15, -0.1) is 0 Å². The Kier molecular flexibility index (Phi) is 6.24. The number of carbonyl (C=O) groups excluding carboxylic acids is 1. The summed E-state index contributed by atoms with van der Waals surface area (Å²) >= 11 is 6.20. The monoisotopic (exact) mass is 493 g/mol. The van der Waals surface area contributed by atoms with E-state index in [1.807, 2.05) is 13.8 Å². The van der Waals surface area contributed by atoms with Crippen LogP contribution in [0.2, 0.25) is 5.02 Å². The second kappa shape index (κ2) is 8.70. The number of aryl methyl sites for hydroxylation is 2. The van der Waals surface area contributed by atoms with Gasteiger partial charge in [-0.3, -0.25) is 4.79 Å². The molecule has 0 aliphatic carbocycles. The number of carbonyl (C=O) groups is 1. The fraction of sp³-hybridized carbons (Fsp3) is 0.391. The first-order valence-electron chi connectivity index (χ1n) is 10.6. The number of rotatable bonds is 4. The van der Waals surface area contributed by atoms with E-state index in [0.717, 1.165) is 11.1 Å². The summed E-state index contributed by atoms with van der Waals surface area (Å²) in [5.41, 5.74) is 5.34. The van der Waals surface area contributed by atoms with Gasteiger partial charge in [0.15, 0.2) is 0 Å². The number of benzene rings is 2. The lowest BCUT2D eigenvalue weighted by molar-refractivity contribution is -0.119. The molecule has 4 rings (SSSR count). The van der Waals surface area contributed by atoms with E-state index >= 15 is 4.39 Å². The number of nitrogens with one attached hydrogen (secondary N) is 1. The molecule has 2 aromatic rings. The molecule has 1 amide bonds. The van der Waals surface area contributed by atoms with Gasteiger partial charge in [-0.25, -0.2) is 18.2 Å². The van der Waals surface area contributed by atoms with Crippen molar-refractivity contribution in [2.75, 3.05) is 13.2 Å². The number of ether oxygens (including phenoxy) is 1. The molecule has 2 atom stereocenters. The zero-order chi connectivity index (χ0) is 24.1. The van der Waals surface area contributed by atoms with Crippen LogP contribution < -0.4 is 10.2 Å². The largest absolute Gasteiger partial charge is 0.491 e. The third kappa shape index (κ3) is 4.13. The number of hydrazone groups is 1. The van der Waals surface area contributed by atoms with Crippen LogP contribution in [0.15, 0.2) is 34.3 Å². The second-order valence-electron chi connectivity index (χ2n) is 8.46. The van der Waals surface area contributed by atoms with Crippen molar-refractivity contribution in [1.82, 2.24) is 9.73 Å². The normalized spacial score (nSPS) is 19.7. The van der Waals surface area contributed by atoms with Crippen molar-refractivity contribution in [3.05, 3.63) is 57.4 Å². The molecule has 0 aromatic heterocycles. The molecule has 0 bridgehead atoms. The molecule has 0 saturated carbocycles. The highest BCUT2D eigenvalue weighted by Crippen LogP contribution is 2.39. The number of sulfonamides is 1. The predicted octanol–water partition coefficient (Wildman–Crippen LogP) is 3.84. The summed E-state index contributed by atoms with van der Waals surface area (Å²) in [4.78, 5) is 12.0. The number of hydrogen-bond acceptors (Lipinski definition) is 5. The van der Waals surface area contributed by atoms with Crippen molar-refractivity contribution in [2.24, 2.45) is 5.10 Å². The Labute approximate surface area is 197 Å². The standard InChI is InChI=1S/C23H25ClFN3O4S/c1-12-5-6-17(25)22(14(12)3)15(4)23(18-11-21(29)27-26-18)28-7-8-32-19-10-16(24)13(2)9-20(19)33(28,30)31/h5-6,9-10,15,23H,7-8,11H2,1-4H3,(H,27,29)/t15-,23?/m1/s1. The summed E-state index contributed by atoms with van der Waals surface area (Å²) in [6.45, 7) is 7.22. The van der Waals surface area contributed by atoms with Gasteiger partial charge in [-0.2, -0.15) is 9.41 Å². The smallest absolute Gasteiger partial charge is 0.247 e. The molecule has 0 fully saturated rings. The lowest BCUT2D eigenvalue weighted by atomic mass is 9.85. The van der Waals surface area contributed by atoms with Gasteiger partial charge < -0.3 is 4.74 Å². The van der Waals surface area contributed by atoms with Gasteiger partial charge in [0.25, 0.3) is 0 Å². The van der Waals surface area contributed by atoms with Crippen molar-refractivity contribution in [1.29, 1.82) is 0 Å². The Bertz CT molecular complexity index is 1280. The van der Waals surface area contributed by atoms with Crippen LogP contribution in [-0.4, -0.2) is 43.5 Å². The third-order valence-corrected chi connectivity index (χ3v) is 8.67. The first-order chi connectivity index (χ1) is 15.5. The molecule has 176 valence electrons. The molecule has 0 spiro atoms. The maximum absolute atomic E-state index is 15.1. The molecule has 1 N–H and O–H groups in total.